The largest absolute Gasteiger partial charge is 0.459 e. The molecule has 5 heteroatoms. The van der Waals surface area contributed by atoms with Gasteiger partial charge in [0.1, 0.15) is 17.3 Å². The van der Waals surface area contributed by atoms with Crippen molar-refractivity contribution in [1.82, 2.24) is 5.32 Å². The minimum absolute atomic E-state index is 0.127. The lowest BCUT2D eigenvalue weighted by molar-refractivity contribution is 0.438. The van der Waals surface area contributed by atoms with Crippen molar-refractivity contribution in [2.75, 3.05) is 6.54 Å². The first kappa shape index (κ1) is 15.5. The fraction of sp³-hybridized carbons (Fsp3) is 0.333. The average Bonchev–Trinajstić information content (AvgIpc) is 2.84. The molecule has 1 heterocycles. The molecule has 1 atom stereocenters. The molecule has 2 nitrogen and oxygen atoms in total. The van der Waals surface area contributed by atoms with Crippen molar-refractivity contribution < 1.29 is 8.81 Å². The van der Waals surface area contributed by atoms with Gasteiger partial charge >= 0.3 is 0 Å². The Morgan fingerprint density at radius 1 is 1.40 bits per heavy atom. The Kier molecular flexibility index (Phi) is 5.24. The molecule has 0 saturated heterocycles. The molecule has 0 aliphatic rings. The van der Waals surface area contributed by atoms with Crippen molar-refractivity contribution in [3.8, 4) is 11.3 Å². The van der Waals surface area contributed by atoms with E-state index in [9.17, 15) is 4.39 Å². The Hall–Kier alpha value is -0.840. The van der Waals surface area contributed by atoms with E-state index in [2.05, 4.69) is 28.2 Å². The van der Waals surface area contributed by atoms with Crippen LogP contribution in [0.2, 0.25) is 5.02 Å². The third-order valence-corrected chi connectivity index (χ3v) is 3.93. The smallest absolute Gasteiger partial charge is 0.137 e. The molecule has 1 unspecified atom stereocenters. The molecule has 2 rings (SSSR count). The van der Waals surface area contributed by atoms with Crippen molar-refractivity contribution in [2.24, 2.45) is 0 Å². The SMILES string of the molecule is CCCNC(C)c1ccc(-c2c(Cl)cc(F)cc2Br)o1. The molecule has 0 bridgehead atoms. The van der Waals surface area contributed by atoms with Gasteiger partial charge in [0.15, 0.2) is 0 Å². The number of benzene rings is 1. The molecule has 1 aromatic heterocycles. The number of furan rings is 1. The fourth-order valence-electron chi connectivity index (χ4n) is 1.96. The predicted molar refractivity (Wildman–Crippen MR) is 83.5 cm³/mol. The maximum absolute atomic E-state index is 13.2. The maximum Gasteiger partial charge on any atom is 0.137 e. The lowest BCUT2D eigenvalue weighted by Crippen LogP contribution is -2.18. The van der Waals surface area contributed by atoms with Crippen molar-refractivity contribution >= 4 is 27.5 Å². The van der Waals surface area contributed by atoms with Gasteiger partial charge in [0.25, 0.3) is 0 Å². The highest BCUT2D eigenvalue weighted by Crippen LogP contribution is 2.37. The van der Waals surface area contributed by atoms with Crippen LogP contribution in [0.4, 0.5) is 4.39 Å². The maximum atomic E-state index is 13.2. The van der Waals surface area contributed by atoms with E-state index < -0.39 is 0 Å². The standard InChI is InChI=1S/C15H16BrClFNO/c1-3-6-19-9(2)13-4-5-14(20-13)15-11(16)7-10(18)8-12(15)17/h4-5,7-9,19H,3,6H2,1-2H3. The first-order valence-corrected chi connectivity index (χ1v) is 7.68. The Balaban J connectivity index is 2.29. The highest BCUT2D eigenvalue weighted by Gasteiger charge is 2.16. The summed E-state index contributed by atoms with van der Waals surface area (Å²) in [5.41, 5.74) is 0.669. The summed E-state index contributed by atoms with van der Waals surface area (Å²) < 4.78 is 19.7. The minimum Gasteiger partial charge on any atom is -0.459 e. The van der Waals surface area contributed by atoms with Crippen LogP contribution in [-0.4, -0.2) is 6.54 Å². The van der Waals surface area contributed by atoms with E-state index in [0.29, 0.717) is 20.8 Å². The van der Waals surface area contributed by atoms with Crippen molar-refractivity contribution in [3.63, 3.8) is 0 Å². The van der Waals surface area contributed by atoms with Gasteiger partial charge in [0.2, 0.25) is 0 Å². The lowest BCUT2D eigenvalue weighted by atomic mass is 10.1. The van der Waals surface area contributed by atoms with Crippen LogP contribution in [0.25, 0.3) is 11.3 Å². The summed E-state index contributed by atoms with van der Waals surface area (Å²) in [5.74, 6) is 1.08. The van der Waals surface area contributed by atoms with Crippen molar-refractivity contribution in [3.05, 3.63) is 45.3 Å². The summed E-state index contributed by atoms with van der Waals surface area (Å²) in [6.07, 6.45) is 1.06. The first-order valence-electron chi connectivity index (χ1n) is 6.51. The van der Waals surface area contributed by atoms with Crippen LogP contribution >= 0.6 is 27.5 Å². The third-order valence-electron chi connectivity index (χ3n) is 3.01. The normalized spacial score (nSPS) is 12.7. The average molecular weight is 361 g/mol. The van der Waals surface area contributed by atoms with E-state index in [1.807, 2.05) is 19.1 Å². The summed E-state index contributed by atoms with van der Waals surface area (Å²) in [6.45, 7) is 5.08. The molecule has 0 aliphatic carbocycles. The Morgan fingerprint density at radius 2 is 2.15 bits per heavy atom. The zero-order valence-electron chi connectivity index (χ0n) is 11.3. The van der Waals surface area contributed by atoms with Gasteiger partial charge in [0.05, 0.1) is 16.6 Å². The van der Waals surface area contributed by atoms with Crippen molar-refractivity contribution in [2.45, 2.75) is 26.3 Å². The molecule has 0 spiro atoms. The number of nitrogens with one attached hydrogen (secondary N) is 1. The highest BCUT2D eigenvalue weighted by molar-refractivity contribution is 9.10. The molecule has 20 heavy (non-hydrogen) atoms. The Bertz CT molecular complexity index is 576. The number of rotatable bonds is 5. The number of halogens is 3. The molecule has 0 radical (unpaired) electrons. The lowest BCUT2D eigenvalue weighted by Gasteiger charge is -2.10. The zero-order valence-corrected chi connectivity index (χ0v) is 13.7. The summed E-state index contributed by atoms with van der Waals surface area (Å²) in [6, 6.07) is 6.55. The molecule has 0 aliphatic heterocycles. The van der Waals surface area contributed by atoms with E-state index in [-0.39, 0.29) is 11.9 Å². The van der Waals surface area contributed by atoms with Crippen LogP contribution in [0.1, 0.15) is 32.1 Å². The molecule has 2 aromatic rings. The Labute approximate surface area is 131 Å². The molecular weight excluding hydrogens is 345 g/mol. The summed E-state index contributed by atoms with van der Waals surface area (Å²) in [4.78, 5) is 0. The zero-order chi connectivity index (χ0) is 14.7. The van der Waals surface area contributed by atoms with Crippen molar-refractivity contribution in [1.29, 1.82) is 0 Å². The minimum atomic E-state index is -0.379. The molecule has 108 valence electrons. The Morgan fingerprint density at radius 3 is 2.80 bits per heavy atom. The van der Waals surface area contributed by atoms with Gasteiger partial charge in [-0.1, -0.05) is 18.5 Å². The van der Waals surface area contributed by atoms with Crippen LogP contribution in [0.3, 0.4) is 0 Å². The van der Waals surface area contributed by atoms with E-state index in [4.69, 9.17) is 16.0 Å². The first-order chi connectivity index (χ1) is 9.52. The van der Waals surface area contributed by atoms with Gasteiger partial charge < -0.3 is 9.73 Å². The quantitative estimate of drug-likeness (QED) is 0.755. The van der Waals surface area contributed by atoms with Gasteiger partial charge in [0, 0.05) is 4.47 Å². The molecule has 0 saturated carbocycles. The van der Waals surface area contributed by atoms with Gasteiger partial charge in [-0.25, -0.2) is 4.39 Å². The summed E-state index contributed by atoms with van der Waals surface area (Å²) in [7, 11) is 0. The van der Waals surface area contributed by atoms with Crippen LogP contribution in [0.15, 0.2) is 33.2 Å². The number of hydrogen-bond donors (Lipinski definition) is 1. The molecular formula is C15H16BrClFNO. The van der Waals surface area contributed by atoms with Gasteiger partial charge in [-0.05, 0) is 60.1 Å². The second-order valence-electron chi connectivity index (χ2n) is 4.62. The third kappa shape index (κ3) is 3.43. The summed E-state index contributed by atoms with van der Waals surface area (Å²) >= 11 is 9.42. The van der Waals surface area contributed by atoms with E-state index in [1.165, 1.54) is 12.1 Å². The molecule has 0 fully saturated rings. The second kappa shape index (κ2) is 6.74. The van der Waals surface area contributed by atoms with Crippen LogP contribution in [0.5, 0.6) is 0 Å². The van der Waals surface area contributed by atoms with Crippen LogP contribution < -0.4 is 5.32 Å². The molecule has 1 aromatic carbocycles. The van der Waals surface area contributed by atoms with E-state index >= 15 is 0 Å². The van der Waals surface area contributed by atoms with Gasteiger partial charge in [-0.2, -0.15) is 0 Å². The van der Waals surface area contributed by atoms with Crippen LogP contribution in [-0.2, 0) is 0 Å². The van der Waals surface area contributed by atoms with Gasteiger partial charge in [-0.3, -0.25) is 0 Å². The monoisotopic (exact) mass is 359 g/mol. The second-order valence-corrected chi connectivity index (χ2v) is 5.88. The summed E-state index contributed by atoms with van der Waals surface area (Å²) in [5, 5.41) is 3.68. The highest BCUT2D eigenvalue weighted by atomic mass is 79.9. The molecule has 1 N–H and O–H groups in total. The van der Waals surface area contributed by atoms with E-state index in [0.717, 1.165) is 18.7 Å². The predicted octanol–water partition coefficient (Wildman–Crippen LogP) is 5.56. The van der Waals surface area contributed by atoms with E-state index in [1.54, 1.807) is 0 Å². The molecule has 0 amide bonds. The topological polar surface area (TPSA) is 25.2 Å². The van der Waals surface area contributed by atoms with Crippen LogP contribution in [0, 0.1) is 5.82 Å². The fourth-order valence-corrected chi connectivity index (χ4v) is 3.00. The van der Waals surface area contributed by atoms with Gasteiger partial charge in [-0.15, -0.1) is 0 Å². The number of hydrogen-bond acceptors (Lipinski definition) is 2.